The van der Waals surface area contributed by atoms with E-state index in [1.807, 2.05) is 13.8 Å². The van der Waals surface area contributed by atoms with Crippen LogP contribution < -0.4 is 0 Å². The molecule has 0 N–H and O–H groups in total. The number of rotatable bonds is 7. The number of nitrogens with zero attached hydrogens (tertiary/aromatic N) is 1. The van der Waals surface area contributed by atoms with E-state index in [0.29, 0.717) is 19.4 Å². The summed E-state index contributed by atoms with van der Waals surface area (Å²) in [7, 11) is 0. The minimum Gasteiger partial charge on any atom is -0.463 e. The second kappa shape index (κ2) is 6.93. The van der Waals surface area contributed by atoms with Crippen molar-refractivity contribution >= 4 is 17.8 Å². The van der Waals surface area contributed by atoms with Crippen LogP contribution in [-0.2, 0) is 19.1 Å². The SMILES string of the molecule is CC(C)OC(=O)CCCCCN1C(=O)C=CC1=O. The average molecular weight is 253 g/mol. The molecule has 0 spiro atoms. The molecule has 1 rings (SSSR count). The Bertz CT molecular complexity index is 342. The Morgan fingerprint density at radius 3 is 2.33 bits per heavy atom. The van der Waals surface area contributed by atoms with Gasteiger partial charge in [0.2, 0.25) is 0 Å². The maximum Gasteiger partial charge on any atom is 0.306 e. The van der Waals surface area contributed by atoms with Gasteiger partial charge in [0.1, 0.15) is 0 Å². The maximum absolute atomic E-state index is 11.2. The minimum absolute atomic E-state index is 0.0802. The van der Waals surface area contributed by atoms with E-state index < -0.39 is 0 Å². The third kappa shape index (κ3) is 4.69. The van der Waals surface area contributed by atoms with Gasteiger partial charge >= 0.3 is 5.97 Å². The van der Waals surface area contributed by atoms with Gasteiger partial charge in [-0.25, -0.2) is 0 Å². The number of amides is 2. The number of imide groups is 1. The van der Waals surface area contributed by atoms with E-state index in [1.165, 1.54) is 17.1 Å². The first-order valence-electron chi connectivity index (χ1n) is 6.23. The summed E-state index contributed by atoms with van der Waals surface area (Å²) < 4.78 is 5.00. The second-order valence-electron chi connectivity index (χ2n) is 4.51. The highest BCUT2D eigenvalue weighted by Crippen LogP contribution is 2.08. The number of unbranched alkanes of at least 4 members (excludes halogenated alkanes) is 2. The van der Waals surface area contributed by atoms with Crippen LogP contribution in [0.4, 0.5) is 0 Å². The largest absolute Gasteiger partial charge is 0.463 e. The number of carbonyl (C=O) groups is 3. The van der Waals surface area contributed by atoms with Crippen molar-refractivity contribution in [1.82, 2.24) is 4.90 Å². The molecule has 1 aliphatic rings. The van der Waals surface area contributed by atoms with Gasteiger partial charge in [-0.15, -0.1) is 0 Å². The third-order valence-corrected chi connectivity index (χ3v) is 2.53. The molecule has 5 nitrogen and oxygen atoms in total. The molecule has 2 amide bonds. The van der Waals surface area contributed by atoms with Crippen LogP contribution in [0.25, 0.3) is 0 Å². The number of hydrogen-bond acceptors (Lipinski definition) is 4. The van der Waals surface area contributed by atoms with Gasteiger partial charge < -0.3 is 4.74 Å². The zero-order valence-corrected chi connectivity index (χ0v) is 10.8. The highest BCUT2D eigenvalue weighted by molar-refractivity contribution is 6.12. The fraction of sp³-hybridized carbons (Fsp3) is 0.615. The van der Waals surface area contributed by atoms with Gasteiger partial charge in [0.25, 0.3) is 11.8 Å². The number of carbonyl (C=O) groups excluding carboxylic acids is 3. The number of ether oxygens (including phenoxy) is 1. The van der Waals surface area contributed by atoms with Gasteiger partial charge in [0, 0.05) is 25.1 Å². The zero-order chi connectivity index (χ0) is 13.5. The van der Waals surface area contributed by atoms with E-state index >= 15 is 0 Å². The number of hydrogen-bond donors (Lipinski definition) is 0. The lowest BCUT2D eigenvalue weighted by Crippen LogP contribution is -2.30. The molecule has 0 unspecified atom stereocenters. The molecule has 0 radical (unpaired) electrons. The lowest BCUT2D eigenvalue weighted by atomic mass is 10.2. The molecule has 0 aromatic carbocycles. The topological polar surface area (TPSA) is 63.7 Å². The molecular formula is C13H19NO4. The van der Waals surface area contributed by atoms with E-state index in [9.17, 15) is 14.4 Å². The first-order chi connectivity index (χ1) is 8.50. The van der Waals surface area contributed by atoms with Crippen molar-refractivity contribution in [2.24, 2.45) is 0 Å². The first-order valence-corrected chi connectivity index (χ1v) is 6.23. The Morgan fingerprint density at radius 1 is 1.17 bits per heavy atom. The molecule has 18 heavy (non-hydrogen) atoms. The fourth-order valence-electron chi connectivity index (χ4n) is 1.69. The van der Waals surface area contributed by atoms with Crippen molar-refractivity contribution in [3.63, 3.8) is 0 Å². The molecule has 0 aromatic heterocycles. The van der Waals surface area contributed by atoms with E-state index in [1.54, 1.807) is 0 Å². The molecule has 0 saturated carbocycles. The van der Waals surface area contributed by atoms with Gasteiger partial charge in [0.05, 0.1) is 6.10 Å². The number of esters is 1. The zero-order valence-electron chi connectivity index (χ0n) is 10.8. The first kappa shape index (κ1) is 14.4. The van der Waals surface area contributed by atoms with E-state index in [4.69, 9.17) is 4.74 Å². The van der Waals surface area contributed by atoms with Crippen molar-refractivity contribution in [2.75, 3.05) is 6.54 Å². The Morgan fingerprint density at radius 2 is 1.78 bits per heavy atom. The van der Waals surface area contributed by atoms with Gasteiger partial charge in [-0.05, 0) is 26.7 Å². The fourth-order valence-corrected chi connectivity index (χ4v) is 1.69. The summed E-state index contributed by atoms with van der Waals surface area (Å²) in [6, 6.07) is 0. The Balaban J connectivity index is 2.07. The summed E-state index contributed by atoms with van der Waals surface area (Å²) in [4.78, 5) is 34.9. The Kier molecular flexibility index (Phi) is 5.55. The highest BCUT2D eigenvalue weighted by atomic mass is 16.5. The van der Waals surface area contributed by atoms with Crippen molar-refractivity contribution in [2.45, 2.75) is 45.6 Å². The monoisotopic (exact) mass is 253 g/mol. The summed E-state index contributed by atoms with van der Waals surface area (Å²) in [5, 5.41) is 0. The third-order valence-electron chi connectivity index (χ3n) is 2.53. The molecule has 0 aromatic rings. The summed E-state index contributed by atoms with van der Waals surface area (Å²) in [5.41, 5.74) is 0. The lowest BCUT2D eigenvalue weighted by molar-refractivity contribution is -0.147. The maximum atomic E-state index is 11.2. The van der Waals surface area contributed by atoms with Gasteiger partial charge in [-0.2, -0.15) is 0 Å². The van der Waals surface area contributed by atoms with Crippen LogP contribution in [0.15, 0.2) is 12.2 Å². The molecule has 1 aliphatic heterocycles. The van der Waals surface area contributed by atoms with Crippen LogP contribution in [0.2, 0.25) is 0 Å². The summed E-state index contributed by atoms with van der Waals surface area (Å²) >= 11 is 0. The van der Waals surface area contributed by atoms with Crippen LogP contribution in [-0.4, -0.2) is 35.3 Å². The van der Waals surface area contributed by atoms with Crippen LogP contribution >= 0.6 is 0 Å². The van der Waals surface area contributed by atoms with E-state index in [0.717, 1.165) is 12.8 Å². The molecule has 0 bridgehead atoms. The van der Waals surface area contributed by atoms with Crippen LogP contribution in [0.1, 0.15) is 39.5 Å². The standard InChI is InChI=1S/C13H19NO4/c1-10(2)18-13(17)6-4-3-5-9-14-11(15)7-8-12(14)16/h7-8,10H,3-6,9H2,1-2H3. The average Bonchev–Trinajstić information content (AvgIpc) is 2.58. The smallest absolute Gasteiger partial charge is 0.306 e. The van der Waals surface area contributed by atoms with E-state index in [-0.39, 0.29) is 23.9 Å². The lowest BCUT2D eigenvalue weighted by Gasteiger charge is -2.13. The van der Waals surface area contributed by atoms with Crippen molar-refractivity contribution < 1.29 is 19.1 Å². The van der Waals surface area contributed by atoms with Crippen molar-refractivity contribution in [3.8, 4) is 0 Å². The van der Waals surface area contributed by atoms with Gasteiger partial charge in [-0.3, -0.25) is 19.3 Å². The van der Waals surface area contributed by atoms with Crippen molar-refractivity contribution in [1.29, 1.82) is 0 Å². The Labute approximate surface area is 107 Å². The molecule has 5 heteroatoms. The van der Waals surface area contributed by atoms with Crippen LogP contribution in [0.5, 0.6) is 0 Å². The minimum atomic E-state index is -0.251. The normalized spacial score (nSPS) is 14.7. The van der Waals surface area contributed by atoms with Crippen LogP contribution in [0, 0.1) is 0 Å². The van der Waals surface area contributed by atoms with Crippen molar-refractivity contribution in [3.05, 3.63) is 12.2 Å². The predicted molar refractivity (Wildman–Crippen MR) is 65.6 cm³/mol. The summed E-state index contributed by atoms with van der Waals surface area (Å²) in [5.74, 6) is -0.696. The van der Waals surface area contributed by atoms with Gasteiger partial charge in [0.15, 0.2) is 0 Å². The second-order valence-corrected chi connectivity index (χ2v) is 4.51. The highest BCUT2D eigenvalue weighted by Gasteiger charge is 2.22. The molecule has 1 heterocycles. The van der Waals surface area contributed by atoms with Gasteiger partial charge in [-0.1, -0.05) is 6.42 Å². The molecule has 0 aliphatic carbocycles. The molecule has 100 valence electrons. The summed E-state index contributed by atoms with van der Waals surface area (Å²) in [6.07, 6.45) is 5.10. The molecule has 0 atom stereocenters. The quantitative estimate of drug-likeness (QED) is 0.391. The predicted octanol–water partition coefficient (Wildman–Crippen LogP) is 1.42. The molecule has 0 fully saturated rings. The summed E-state index contributed by atoms with van der Waals surface area (Å²) in [6.45, 7) is 4.05. The molecular weight excluding hydrogens is 234 g/mol. The Hall–Kier alpha value is -1.65. The molecule has 0 saturated heterocycles. The van der Waals surface area contributed by atoms with E-state index in [2.05, 4.69) is 0 Å². The van der Waals surface area contributed by atoms with Crippen LogP contribution in [0.3, 0.4) is 0 Å².